The van der Waals surface area contributed by atoms with E-state index < -0.39 is 0 Å². The maximum Gasteiger partial charge on any atom is 0.227 e. The van der Waals surface area contributed by atoms with Gasteiger partial charge in [-0.25, -0.2) is 9.97 Å². The third-order valence-electron chi connectivity index (χ3n) is 7.35. The van der Waals surface area contributed by atoms with E-state index in [4.69, 9.17) is 9.97 Å². The molecule has 0 amide bonds. The number of anilines is 3. The van der Waals surface area contributed by atoms with Crippen molar-refractivity contribution < 1.29 is 5.11 Å². The van der Waals surface area contributed by atoms with Crippen LogP contribution in [0.15, 0.2) is 18.5 Å². The van der Waals surface area contributed by atoms with Crippen LogP contribution >= 0.6 is 0 Å². The number of piperidine rings is 2. The van der Waals surface area contributed by atoms with Crippen molar-refractivity contribution >= 4 is 17.6 Å². The molecule has 2 aromatic heterocycles. The van der Waals surface area contributed by atoms with Gasteiger partial charge in [0.25, 0.3) is 0 Å². The van der Waals surface area contributed by atoms with Crippen LogP contribution in [0.2, 0.25) is 0 Å². The summed E-state index contributed by atoms with van der Waals surface area (Å²) in [5.74, 6) is 2.80. The molecule has 3 aliphatic rings. The molecule has 8 heteroatoms. The second-order valence-corrected chi connectivity index (χ2v) is 9.81. The van der Waals surface area contributed by atoms with E-state index in [1.54, 1.807) is 6.20 Å². The van der Waals surface area contributed by atoms with Gasteiger partial charge in [-0.3, -0.25) is 4.98 Å². The summed E-state index contributed by atoms with van der Waals surface area (Å²) < 4.78 is 0. The predicted octanol–water partition coefficient (Wildman–Crippen LogP) is 2.60. The first-order chi connectivity index (χ1) is 15.5. The molecule has 1 spiro atoms. The number of nitrogens with zero attached hydrogens (tertiary/aromatic N) is 7. The Kier molecular flexibility index (Phi) is 5.88. The number of aliphatic hydroxyl groups is 1. The van der Waals surface area contributed by atoms with Crippen molar-refractivity contribution in [1.82, 2.24) is 19.9 Å². The zero-order valence-electron chi connectivity index (χ0n) is 19.4. The van der Waals surface area contributed by atoms with Crippen LogP contribution < -0.4 is 14.7 Å². The van der Waals surface area contributed by atoms with Gasteiger partial charge in [0.05, 0.1) is 18.0 Å². The van der Waals surface area contributed by atoms with E-state index in [1.165, 1.54) is 12.8 Å². The summed E-state index contributed by atoms with van der Waals surface area (Å²) in [5.41, 5.74) is 2.14. The van der Waals surface area contributed by atoms with Crippen LogP contribution in [0.3, 0.4) is 0 Å². The van der Waals surface area contributed by atoms with Gasteiger partial charge in [0.2, 0.25) is 5.95 Å². The first kappa shape index (κ1) is 21.4. The fraction of sp³-hybridized carbons (Fsp3) is 0.667. The Morgan fingerprint density at radius 2 is 1.75 bits per heavy atom. The van der Waals surface area contributed by atoms with Gasteiger partial charge in [0.15, 0.2) is 0 Å². The molecule has 5 rings (SSSR count). The molecule has 8 nitrogen and oxygen atoms in total. The minimum Gasteiger partial charge on any atom is -0.391 e. The zero-order valence-corrected chi connectivity index (χ0v) is 19.4. The fourth-order valence-corrected chi connectivity index (χ4v) is 5.57. The second-order valence-electron chi connectivity index (χ2n) is 9.81. The van der Waals surface area contributed by atoms with E-state index >= 15 is 0 Å². The Morgan fingerprint density at radius 3 is 2.47 bits per heavy atom. The summed E-state index contributed by atoms with van der Waals surface area (Å²) in [6, 6.07) is 2.13. The quantitative estimate of drug-likeness (QED) is 0.782. The second kappa shape index (κ2) is 8.81. The molecule has 5 heterocycles. The number of aryl methyl sites for hydroxylation is 2. The van der Waals surface area contributed by atoms with Crippen LogP contribution in [0.4, 0.5) is 17.6 Å². The van der Waals surface area contributed by atoms with E-state index in [0.717, 1.165) is 87.4 Å². The van der Waals surface area contributed by atoms with Gasteiger partial charge in [-0.15, -0.1) is 0 Å². The Balaban J connectivity index is 1.34. The number of hydrogen-bond donors (Lipinski definition) is 1. The molecule has 0 saturated carbocycles. The number of rotatable bonds is 4. The normalized spacial score (nSPS) is 23.2. The Bertz CT molecular complexity index is 938. The fourth-order valence-electron chi connectivity index (χ4n) is 5.57. The van der Waals surface area contributed by atoms with Crippen molar-refractivity contribution in [1.29, 1.82) is 0 Å². The lowest BCUT2D eigenvalue weighted by Crippen LogP contribution is -2.54. The van der Waals surface area contributed by atoms with E-state index in [9.17, 15) is 5.11 Å². The van der Waals surface area contributed by atoms with Crippen LogP contribution in [0.5, 0.6) is 0 Å². The highest BCUT2D eigenvalue weighted by Gasteiger charge is 2.42. The minimum atomic E-state index is -0.329. The summed E-state index contributed by atoms with van der Waals surface area (Å²) in [6.07, 6.45) is 9.59. The van der Waals surface area contributed by atoms with Crippen molar-refractivity contribution in [3.8, 4) is 0 Å². The third kappa shape index (κ3) is 4.37. The highest BCUT2D eigenvalue weighted by Crippen LogP contribution is 2.42. The number of β-amino-alcohol motifs (C(OH)–C–C–N with tert-alkyl or cyclic N) is 1. The minimum absolute atomic E-state index is 0.108. The van der Waals surface area contributed by atoms with Crippen LogP contribution in [-0.4, -0.2) is 70.4 Å². The molecule has 3 aliphatic heterocycles. The van der Waals surface area contributed by atoms with Crippen molar-refractivity contribution in [3.05, 3.63) is 29.8 Å². The number of hydrogen-bond acceptors (Lipinski definition) is 8. The van der Waals surface area contributed by atoms with Crippen LogP contribution in [0, 0.1) is 12.3 Å². The Labute approximate surface area is 190 Å². The van der Waals surface area contributed by atoms with Crippen LogP contribution in [0.25, 0.3) is 0 Å². The first-order valence-electron chi connectivity index (χ1n) is 12.1. The molecule has 0 bridgehead atoms. The lowest BCUT2D eigenvalue weighted by atomic mass is 9.71. The molecule has 1 N–H and O–H groups in total. The number of aliphatic hydroxyl groups excluding tert-OH is 1. The van der Waals surface area contributed by atoms with Crippen molar-refractivity contribution in [2.45, 2.75) is 58.5 Å². The van der Waals surface area contributed by atoms with Gasteiger partial charge in [-0.05, 0) is 50.9 Å². The highest BCUT2D eigenvalue weighted by molar-refractivity contribution is 5.48. The summed E-state index contributed by atoms with van der Waals surface area (Å²) in [5, 5.41) is 10.9. The van der Waals surface area contributed by atoms with E-state index in [2.05, 4.69) is 37.7 Å². The van der Waals surface area contributed by atoms with Gasteiger partial charge < -0.3 is 19.8 Å². The molecule has 1 unspecified atom stereocenters. The molecule has 2 aromatic rings. The molecule has 3 fully saturated rings. The highest BCUT2D eigenvalue weighted by atomic mass is 16.3. The van der Waals surface area contributed by atoms with Crippen molar-refractivity contribution in [2.75, 3.05) is 54.0 Å². The topological polar surface area (TPSA) is 81.5 Å². The van der Waals surface area contributed by atoms with Crippen LogP contribution in [-0.2, 0) is 6.42 Å². The van der Waals surface area contributed by atoms with Crippen molar-refractivity contribution in [2.24, 2.45) is 5.41 Å². The first-order valence-corrected chi connectivity index (χ1v) is 12.1. The van der Waals surface area contributed by atoms with Gasteiger partial charge in [0.1, 0.15) is 11.6 Å². The lowest BCUT2D eigenvalue weighted by molar-refractivity contribution is 0.0594. The molecule has 172 valence electrons. The molecular formula is C24H35N7O. The van der Waals surface area contributed by atoms with Crippen molar-refractivity contribution in [3.63, 3.8) is 0 Å². The van der Waals surface area contributed by atoms with E-state index in [1.807, 2.05) is 13.1 Å². The predicted molar refractivity (Wildman–Crippen MR) is 126 cm³/mol. The van der Waals surface area contributed by atoms with Crippen LogP contribution in [0.1, 0.15) is 50.4 Å². The largest absolute Gasteiger partial charge is 0.391 e. The monoisotopic (exact) mass is 437 g/mol. The smallest absolute Gasteiger partial charge is 0.227 e. The summed E-state index contributed by atoms with van der Waals surface area (Å²) >= 11 is 0. The van der Waals surface area contributed by atoms with E-state index in [0.29, 0.717) is 6.54 Å². The maximum absolute atomic E-state index is 10.9. The molecule has 32 heavy (non-hydrogen) atoms. The summed E-state index contributed by atoms with van der Waals surface area (Å²) in [6.45, 7) is 9.69. The molecule has 3 saturated heterocycles. The average Bonchev–Trinajstić information content (AvgIpc) is 3.34. The standard InChI is InChI=1S/C24H35N7O/c1-3-19-12-21(28-23(27-19)30-8-4-5-9-30)31-16-20(32)13-24(17-31)6-10-29(11-7-24)22-15-25-14-18(2)26-22/h12,14-15,20,32H,3-11,13,16-17H2,1-2H3. The molecule has 0 aliphatic carbocycles. The molecular weight excluding hydrogens is 402 g/mol. The molecule has 0 radical (unpaired) electrons. The average molecular weight is 438 g/mol. The van der Waals surface area contributed by atoms with Gasteiger partial charge in [-0.1, -0.05) is 6.92 Å². The molecule has 0 aromatic carbocycles. The Hall–Kier alpha value is -2.48. The zero-order chi connectivity index (χ0) is 22.1. The van der Waals surface area contributed by atoms with Gasteiger partial charge >= 0.3 is 0 Å². The third-order valence-corrected chi connectivity index (χ3v) is 7.35. The maximum atomic E-state index is 10.9. The lowest BCUT2D eigenvalue weighted by Gasteiger charge is -2.49. The molecule has 1 atom stereocenters. The summed E-state index contributed by atoms with van der Waals surface area (Å²) in [4.78, 5) is 25.7. The van der Waals surface area contributed by atoms with E-state index in [-0.39, 0.29) is 11.5 Å². The van der Waals surface area contributed by atoms with Gasteiger partial charge in [-0.2, -0.15) is 4.98 Å². The SMILES string of the molecule is CCc1cc(N2CC(O)CC3(CCN(c4cncc(C)n4)CC3)C2)nc(N2CCCC2)n1. The van der Waals surface area contributed by atoms with Gasteiger partial charge in [0, 0.05) is 57.2 Å². The Morgan fingerprint density at radius 1 is 0.969 bits per heavy atom. The number of aromatic nitrogens is 4. The summed E-state index contributed by atoms with van der Waals surface area (Å²) in [7, 11) is 0.